The lowest BCUT2D eigenvalue weighted by molar-refractivity contribution is -0.120. The number of halogens is 1. The Morgan fingerprint density at radius 3 is 2.76 bits per heavy atom. The van der Waals surface area contributed by atoms with Gasteiger partial charge in [-0.05, 0) is 17.5 Å². The minimum Gasteiger partial charge on any atom is -0.342 e. The van der Waals surface area contributed by atoms with E-state index in [1.807, 2.05) is 6.07 Å². The Balaban J connectivity index is 1.78. The van der Waals surface area contributed by atoms with Crippen molar-refractivity contribution in [2.24, 2.45) is 5.10 Å². The molecule has 0 saturated heterocycles. The van der Waals surface area contributed by atoms with Gasteiger partial charge in [0.2, 0.25) is 0 Å². The van der Waals surface area contributed by atoms with Gasteiger partial charge >= 0.3 is 0 Å². The number of thiophene rings is 1. The highest BCUT2D eigenvalue weighted by molar-refractivity contribution is 7.12. The summed E-state index contributed by atoms with van der Waals surface area (Å²) >= 11 is 7.25. The number of nitrogens with zero attached hydrogens (tertiary/aromatic N) is 1. The highest BCUT2D eigenvalue weighted by Gasteiger charge is 2.07. The molecule has 0 atom stereocenters. The molecule has 1 aromatic heterocycles. The first-order valence-electron chi connectivity index (χ1n) is 6.05. The summed E-state index contributed by atoms with van der Waals surface area (Å²) in [6, 6.07) is 10.6. The first kappa shape index (κ1) is 15.2. The van der Waals surface area contributed by atoms with E-state index in [1.165, 1.54) is 17.6 Å². The van der Waals surface area contributed by atoms with Gasteiger partial charge in [-0.25, -0.2) is 5.43 Å². The number of hydrazone groups is 1. The summed E-state index contributed by atoms with van der Waals surface area (Å²) in [6.45, 7) is -0.142. The number of amides is 2. The van der Waals surface area contributed by atoms with Crippen molar-refractivity contribution in [3.63, 3.8) is 0 Å². The Kier molecular flexibility index (Phi) is 5.48. The lowest BCUT2D eigenvalue weighted by Crippen LogP contribution is -2.34. The molecule has 0 fully saturated rings. The Morgan fingerprint density at radius 1 is 1.24 bits per heavy atom. The summed E-state index contributed by atoms with van der Waals surface area (Å²) in [5.74, 6) is -0.696. The monoisotopic (exact) mass is 321 g/mol. The van der Waals surface area contributed by atoms with Crippen molar-refractivity contribution in [1.29, 1.82) is 0 Å². The Bertz CT molecular complexity index is 656. The van der Waals surface area contributed by atoms with Gasteiger partial charge in [-0.3, -0.25) is 9.59 Å². The lowest BCUT2D eigenvalue weighted by Gasteiger charge is -2.02. The molecule has 0 saturated carbocycles. The van der Waals surface area contributed by atoms with Crippen LogP contribution in [0.1, 0.15) is 15.2 Å². The number of hydrogen-bond donors (Lipinski definition) is 2. The molecule has 0 aliphatic carbocycles. The molecular formula is C14H12ClN3O2S. The van der Waals surface area contributed by atoms with E-state index in [1.54, 1.807) is 35.7 Å². The third-order valence-corrected chi connectivity index (χ3v) is 3.67. The number of nitrogens with one attached hydrogen (secondary N) is 2. The molecule has 0 bridgehead atoms. The molecule has 0 unspecified atom stereocenters. The largest absolute Gasteiger partial charge is 0.342 e. The SMILES string of the molecule is O=C(CNC(=O)c1cccs1)N/N=C/c1ccccc1Cl. The molecule has 7 heteroatoms. The van der Waals surface area contributed by atoms with Gasteiger partial charge in [0.25, 0.3) is 11.8 Å². The topological polar surface area (TPSA) is 70.6 Å². The van der Waals surface area contributed by atoms with E-state index in [9.17, 15) is 9.59 Å². The highest BCUT2D eigenvalue weighted by atomic mass is 35.5. The zero-order valence-electron chi connectivity index (χ0n) is 10.9. The van der Waals surface area contributed by atoms with Crippen molar-refractivity contribution >= 4 is 41.0 Å². The van der Waals surface area contributed by atoms with Crippen LogP contribution in [0.25, 0.3) is 0 Å². The van der Waals surface area contributed by atoms with E-state index in [2.05, 4.69) is 15.8 Å². The molecule has 21 heavy (non-hydrogen) atoms. The molecule has 2 N–H and O–H groups in total. The summed E-state index contributed by atoms with van der Waals surface area (Å²) in [5.41, 5.74) is 3.02. The Morgan fingerprint density at radius 2 is 2.05 bits per heavy atom. The van der Waals surface area contributed by atoms with Crippen molar-refractivity contribution < 1.29 is 9.59 Å². The van der Waals surface area contributed by atoms with E-state index >= 15 is 0 Å². The standard InChI is InChI=1S/C14H12ClN3O2S/c15-11-5-2-1-4-10(11)8-17-18-13(19)9-16-14(20)12-6-3-7-21-12/h1-8H,9H2,(H,16,20)(H,18,19)/b17-8+. The summed E-state index contributed by atoms with van der Waals surface area (Å²) in [6.07, 6.45) is 1.45. The fourth-order valence-corrected chi connectivity index (χ4v) is 2.27. The van der Waals surface area contributed by atoms with E-state index in [4.69, 9.17) is 11.6 Å². The average Bonchev–Trinajstić information content (AvgIpc) is 3.01. The molecule has 2 rings (SSSR count). The van der Waals surface area contributed by atoms with Gasteiger partial charge in [-0.15, -0.1) is 11.3 Å². The molecule has 0 aliphatic heterocycles. The van der Waals surface area contributed by atoms with Crippen LogP contribution in [0, 0.1) is 0 Å². The summed E-state index contributed by atoms with van der Waals surface area (Å²) in [7, 11) is 0. The fourth-order valence-electron chi connectivity index (χ4n) is 1.45. The molecule has 1 aromatic carbocycles. The van der Waals surface area contributed by atoms with Crippen LogP contribution in [0.2, 0.25) is 5.02 Å². The maximum absolute atomic E-state index is 11.6. The fraction of sp³-hybridized carbons (Fsp3) is 0.0714. The molecule has 5 nitrogen and oxygen atoms in total. The van der Waals surface area contributed by atoms with Gasteiger partial charge in [0.05, 0.1) is 17.6 Å². The van der Waals surface area contributed by atoms with Crippen molar-refractivity contribution in [3.8, 4) is 0 Å². The van der Waals surface area contributed by atoms with Crippen LogP contribution in [0.3, 0.4) is 0 Å². The summed E-state index contributed by atoms with van der Waals surface area (Å²) < 4.78 is 0. The van der Waals surface area contributed by atoms with E-state index in [0.717, 1.165) is 0 Å². The second kappa shape index (κ2) is 7.56. The molecule has 2 aromatic rings. The molecule has 0 spiro atoms. The molecule has 2 amide bonds. The first-order valence-corrected chi connectivity index (χ1v) is 7.30. The van der Waals surface area contributed by atoms with E-state index < -0.39 is 5.91 Å². The van der Waals surface area contributed by atoms with Gasteiger partial charge in [0.15, 0.2) is 0 Å². The third-order valence-electron chi connectivity index (χ3n) is 2.45. The lowest BCUT2D eigenvalue weighted by atomic mass is 10.2. The quantitative estimate of drug-likeness (QED) is 0.655. The Hall–Kier alpha value is -2.18. The van der Waals surface area contributed by atoms with Gasteiger partial charge in [-0.2, -0.15) is 5.10 Å². The summed E-state index contributed by atoms with van der Waals surface area (Å²) in [4.78, 5) is 23.7. The minimum absolute atomic E-state index is 0.142. The minimum atomic E-state index is -0.414. The van der Waals surface area contributed by atoms with Crippen molar-refractivity contribution in [2.45, 2.75) is 0 Å². The van der Waals surface area contributed by atoms with E-state index in [0.29, 0.717) is 15.5 Å². The second-order valence-corrected chi connectivity index (χ2v) is 5.33. The van der Waals surface area contributed by atoms with Gasteiger partial charge in [0.1, 0.15) is 0 Å². The molecule has 108 valence electrons. The van der Waals surface area contributed by atoms with Crippen LogP contribution < -0.4 is 10.7 Å². The van der Waals surface area contributed by atoms with Crippen molar-refractivity contribution in [1.82, 2.24) is 10.7 Å². The normalized spacial score (nSPS) is 10.5. The molecule has 1 heterocycles. The predicted molar refractivity (Wildman–Crippen MR) is 83.8 cm³/mol. The Labute approximate surface area is 130 Å². The van der Waals surface area contributed by atoms with Crippen LogP contribution in [0.5, 0.6) is 0 Å². The van der Waals surface area contributed by atoms with Gasteiger partial charge in [-0.1, -0.05) is 35.9 Å². The van der Waals surface area contributed by atoms with Crippen LogP contribution in [0.4, 0.5) is 0 Å². The maximum atomic E-state index is 11.6. The zero-order chi connectivity index (χ0) is 15.1. The van der Waals surface area contributed by atoms with E-state index in [-0.39, 0.29) is 12.5 Å². The van der Waals surface area contributed by atoms with Crippen molar-refractivity contribution in [3.05, 3.63) is 57.2 Å². The van der Waals surface area contributed by atoms with Gasteiger partial charge in [0, 0.05) is 10.6 Å². The number of carbonyl (C=O) groups is 2. The number of benzene rings is 1. The van der Waals surface area contributed by atoms with Crippen LogP contribution in [-0.4, -0.2) is 24.6 Å². The number of rotatable bonds is 5. The third kappa shape index (κ3) is 4.70. The second-order valence-electron chi connectivity index (χ2n) is 3.97. The molecule has 0 aliphatic rings. The van der Waals surface area contributed by atoms with Gasteiger partial charge < -0.3 is 5.32 Å². The highest BCUT2D eigenvalue weighted by Crippen LogP contribution is 2.12. The summed E-state index contributed by atoms with van der Waals surface area (Å²) in [5, 5.41) is 8.63. The average molecular weight is 322 g/mol. The zero-order valence-corrected chi connectivity index (χ0v) is 12.4. The number of hydrogen-bond acceptors (Lipinski definition) is 4. The predicted octanol–water partition coefficient (Wildman–Crippen LogP) is 2.28. The molecule has 0 radical (unpaired) electrons. The van der Waals surface area contributed by atoms with Crippen LogP contribution >= 0.6 is 22.9 Å². The van der Waals surface area contributed by atoms with Crippen LogP contribution in [-0.2, 0) is 4.79 Å². The smallest absolute Gasteiger partial charge is 0.261 e. The maximum Gasteiger partial charge on any atom is 0.261 e. The van der Waals surface area contributed by atoms with Crippen molar-refractivity contribution in [2.75, 3.05) is 6.54 Å². The first-order chi connectivity index (χ1) is 10.2. The van der Waals surface area contributed by atoms with Crippen LogP contribution in [0.15, 0.2) is 46.9 Å². The molecular weight excluding hydrogens is 310 g/mol. The number of carbonyl (C=O) groups excluding carboxylic acids is 2.